The van der Waals surface area contributed by atoms with Crippen molar-refractivity contribution in [3.8, 4) is 5.75 Å². The molecule has 0 aromatic heterocycles. The second-order valence-corrected chi connectivity index (χ2v) is 5.91. The molecule has 0 fully saturated rings. The Hall–Kier alpha value is -2.59. The second-order valence-electron chi connectivity index (χ2n) is 5.91. The summed E-state index contributed by atoms with van der Waals surface area (Å²) in [6, 6.07) is 17.8. The second kappa shape index (κ2) is 7.79. The first-order valence-electron chi connectivity index (χ1n) is 8.12. The largest absolute Gasteiger partial charge is 0.475 e. The van der Waals surface area contributed by atoms with Gasteiger partial charge in [0.15, 0.2) is 11.5 Å². The standard InChI is InChI=1S/C20H22N2O2/c1-22(2)13-8-14-23-20-19(15-16-9-4-3-5-10-16)24-18-12-7-6-11-17(18)21-20/h3-7,9-12,15H,8,13-14H2,1-2H3/b19-15-. The molecule has 1 aliphatic heterocycles. The lowest BCUT2D eigenvalue weighted by Crippen LogP contribution is -2.19. The van der Waals surface area contributed by atoms with Crippen LogP contribution in [0.3, 0.4) is 0 Å². The van der Waals surface area contributed by atoms with Crippen LogP contribution in [0.2, 0.25) is 0 Å². The average Bonchev–Trinajstić information content (AvgIpc) is 2.59. The smallest absolute Gasteiger partial charge is 0.258 e. The van der Waals surface area contributed by atoms with E-state index in [9.17, 15) is 0 Å². The molecule has 1 aliphatic rings. The van der Waals surface area contributed by atoms with Gasteiger partial charge in [-0.05, 0) is 44.3 Å². The summed E-state index contributed by atoms with van der Waals surface area (Å²) in [4.78, 5) is 6.76. The summed E-state index contributed by atoms with van der Waals surface area (Å²) >= 11 is 0. The van der Waals surface area contributed by atoms with Gasteiger partial charge in [0, 0.05) is 6.54 Å². The Morgan fingerprint density at radius 2 is 1.79 bits per heavy atom. The van der Waals surface area contributed by atoms with Gasteiger partial charge in [0.1, 0.15) is 5.69 Å². The maximum atomic E-state index is 6.02. The first-order valence-corrected chi connectivity index (χ1v) is 8.12. The van der Waals surface area contributed by atoms with Gasteiger partial charge in [0.2, 0.25) is 0 Å². The van der Waals surface area contributed by atoms with Crippen LogP contribution in [0.4, 0.5) is 5.69 Å². The summed E-state index contributed by atoms with van der Waals surface area (Å²) < 4.78 is 11.9. The van der Waals surface area contributed by atoms with E-state index in [2.05, 4.69) is 24.0 Å². The molecule has 0 atom stereocenters. The van der Waals surface area contributed by atoms with Crippen molar-refractivity contribution in [1.82, 2.24) is 4.90 Å². The van der Waals surface area contributed by atoms with E-state index in [1.165, 1.54) is 0 Å². The molecule has 1 heterocycles. The normalized spacial score (nSPS) is 15.0. The van der Waals surface area contributed by atoms with Crippen molar-refractivity contribution in [3.63, 3.8) is 0 Å². The van der Waals surface area contributed by atoms with Gasteiger partial charge in [0.25, 0.3) is 5.90 Å². The van der Waals surface area contributed by atoms with Crippen molar-refractivity contribution >= 4 is 17.7 Å². The summed E-state index contributed by atoms with van der Waals surface area (Å²) in [6.45, 7) is 1.58. The Balaban J connectivity index is 1.82. The summed E-state index contributed by atoms with van der Waals surface area (Å²) in [5.41, 5.74) is 1.85. The molecular weight excluding hydrogens is 300 g/mol. The van der Waals surface area contributed by atoms with Crippen molar-refractivity contribution in [2.45, 2.75) is 6.42 Å². The van der Waals surface area contributed by atoms with Crippen molar-refractivity contribution in [2.24, 2.45) is 4.99 Å². The molecule has 0 amide bonds. The van der Waals surface area contributed by atoms with Crippen LogP contribution in [0.25, 0.3) is 6.08 Å². The Bertz CT molecular complexity index is 736. The number of ether oxygens (including phenoxy) is 2. The van der Waals surface area contributed by atoms with Crippen molar-refractivity contribution in [3.05, 3.63) is 65.9 Å². The molecule has 0 unspecified atom stereocenters. The zero-order chi connectivity index (χ0) is 16.8. The van der Waals surface area contributed by atoms with Gasteiger partial charge in [-0.25, -0.2) is 4.99 Å². The third-order valence-corrected chi connectivity index (χ3v) is 3.60. The summed E-state index contributed by atoms with van der Waals surface area (Å²) in [7, 11) is 4.11. The molecule has 4 nitrogen and oxygen atoms in total. The molecule has 0 saturated heterocycles. The zero-order valence-corrected chi connectivity index (χ0v) is 14.1. The summed E-state index contributed by atoms with van der Waals surface area (Å²) in [6.07, 6.45) is 2.90. The number of hydrogen-bond acceptors (Lipinski definition) is 4. The first kappa shape index (κ1) is 16.3. The Kier molecular flexibility index (Phi) is 5.29. The fraction of sp³-hybridized carbons (Fsp3) is 0.250. The lowest BCUT2D eigenvalue weighted by molar-refractivity contribution is 0.259. The lowest BCUT2D eigenvalue weighted by atomic mass is 10.2. The van der Waals surface area contributed by atoms with Crippen molar-refractivity contribution in [2.75, 3.05) is 27.2 Å². The number of fused-ring (bicyclic) bond motifs is 1. The molecule has 124 valence electrons. The van der Waals surface area contributed by atoms with E-state index in [4.69, 9.17) is 9.47 Å². The maximum Gasteiger partial charge on any atom is 0.258 e. The van der Waals surface area contributed by atoms with E-state index < -0.39 is 0 Å². The molecule has 0 radical (unpaired) electrons. The van der Waals surface area contributed by atoms with E-state index in [0.29, 0.717) is 18.3 Å². The summed E-state index contributed by atoms with van der Waals surface area (Å²) in [5.74, 6) is 1.93. The van der Waals surface area contributed by atoms with Crippen molar-refractivity contribution < 1.29 is 9.47 Å². The van der Waals surface area contributed by atoms with E-state index in [0.717, 1.165) is 30.0 Å². The third kappa shape index (κ3) is 4.24. The molecule has 24 heavy (non-hydrogen) atoms. The minimum absolute atomic E-state index is 0.538. The van der Waals surface area contributed by atoms with E-state index in [-0.39, 0.29) is 0 Å². The maximum absolute atomic E-state index is 6.02. The molecule has 0 saturated carbocycles. The molecular formula is C20H22N2O2. The summed E-state index contributed by atoms with van der Waals surface area (Å²) in [5, 5.41) is 0. The van der Waals surface area contributed by atoms with Gasteiger partial charge in [-0.1, -0.05) is 42.5 Å². The first-order chi connectivity index (χ1) is 11.7. The SMILES string of the molecule is CN(C)CCCOC1=Nc2ccccc2O/C1=C\c1ccccc1. The van der Waals surface area contributed by atoms with Crippen LogP contribution < -0.4 is 4.74 Å². The number of hydrogen-bond donors (Lipinski definition) is 0. The lowest BCUT2D eigenvalue weighted by Gasteiger charge is -2.20. The quantitative estimate of drug-likeness (QED) is 0.777. The monoisotopic (exact) mass is 322 g/mol. The molecule has 0 N–H and O–H groups in total. The van der Waals surface area contributed by atoms with Crippen LogP contribution >= 0.6 is 0 Å². The highest BCUT2D eigenvalue weighted by Gasteiger charge is 2.20. The third-order valence-electron chi connectivity index (χ3n) is 3.60. The predicted octanol–water partition coefficient (Wildman–Crippen LogP) is 4.12. The number of aliphatic imine (C=N–C) groups is 1. The molecule has 4 heteroatoms. The topological polar surface area (TPSA) is 34.1 Å². The fourth-order valence-corrected chi connectivity index (χ4v) is 2.41. The van der Waals surface area contributed by atoms with Gasteiger partial charge >= 0.3 is 0 Å². The number of nitrogens with zero attached hydrogens (tertiary/aromatic N) is 2. The van der Waals surface area contributed by atoms with E-state index in [1.807, 2.05) is 60.7 Å². The highest BCUT2D eigenvalue weighted by molar-refractivity contribution is 5.99. The molecule has 0 bridgehead atoms. The highest BCUT2D eigenvalue weighted by Crippen LogP contribution is 2.34. The average molecular weight is 322 g/mol. The molecule has 2 aromatic carbocycles. The number of benzene rings is 2. The molecule has 2 aromatic rings. The van der Waals surface area contributed by atoms with Crippen LogP contribution in [-0.4, -0.2) is 38.0 Å². The van der Waals surface area contributed by atoms with Gasteiger partial charge in [-0.3, -0.25) is 0 Å². The highest BCUT2D eigenvalue weighted by atomic mass is 16.5. The van der Waals surface area contributed by atoms with Crippen molar-refractivity contribution in [1.29, 1.82) is 0 Å². The minimum Gasteiger partial charge on any atom is -0.475 e. The Morgan fingerprint density at radius 1 is 1.04 bits per heavy atom. The number of rotatable bonds is 5. The van der Waals surface area contributed by atoms with Gasteiger partial charge in [-0.2, -0.15) is 0 Å². The van der Waals surface area contributed by atoms with Gasteiger partial charge in [0.05, 0.1) is 6.61 Å². The molecule has 3 rings (SSSR count). The minimum atomic E-state index is 0.538. The molecule has 0 aliphatic carbocycles. The van der Waals surface area contributed by atoms with E-state index in [1.54, 1.807) is 0 Å². The van der Waals surface area contributed by atoms with Gasteiger partial charge in [-0.15, -0.1) is 0 Å². The van der Waals surface area contributed by atoms with Crippen LogP contribution in [-0.2, 0) is 4.74 Å². The van der Waals surface area contributed by atoms with Crippen LogP contribution in [0.15, 0.2) is 65.3 Å². The Morgan fingerprint density at radius 3 is 2.58 bits per heavy atom. The van der Waals surface area contributed by atoms with Crippen LogP contribution in [0.5, 0.6) is 5.75 Å². The fourth-order valence-electron chi connectivity index (χ4n) is 2.41. The Labute approximate surface area is 143 Å². The number of para-hydroxylation sites is 2. The van der Waals surface area contributed by atoms with Crippen LogP contribution in [0.1, 0.15) is 12.0 Å². The molecule has 0 spiro atoms. The predicted molar refractivity (Wildman–Crippen MR) is 97.7 cm³/mol. The van der Waals surface area contributed by atoms with Crippen LogP contribution in [0, 0.1) is 0 Å². The van der Waals surface area contributed by atoms with E-state index >= 15 is 0 Å². The van der Waals surface area contributed by atoms with Gasteiger partial charge < -0.3 is 14.4 Å². The zero-order valence-electron chi connectivity index (χ0n) is 14.1.